The molecule has 102 valence electrons. The second-order valence-corrected chi connectivity index (χ2v) is 6.94. The van der Waals surface area contributed by atoms with Crippen LogP contribution in [0.15, 0.2) is 25.6 Å². The number of halogens is 3. The van der Waals surface area contributed by atoms with Crippen molar-refractivity contribution in [1.29, 1.82) is 0 Å². The first-order chi connectivity index (χ1) is 9.11. The van der Waals surface area contributed by atoms with E-state index >= 15 is 0 Å². The number of aromatic nitrogens is 2. The highest BCUT2D eigenvalue weighted by molar-refractivity contribution is 9.11. The summed E-state index contributed by atoms with van der Waals surface area (Å²) in [6.07, 6.45) is 0. The fourth-order valence-electron chi connectivity index (χ4n) is 1.41. The quantitative estimate of drug-likeness (QED) is 0.678. The summed E-state index contributed by atoms with van der Waals surface area (Å²) in [7, 11) is 0. The summed E-state index contributed by atoms with van der Waals surface area (Å²) in [5.74, 6) is 0.749. The van der Waals surface area contributed by atoms with Crippen LogP contribution in [0.1, 0.15) is 12.6 Å². The average Bonchev–Trinajstić information content (AvgIpc) is 2.76. The van der Waals surface area contributed by atoms with Crippen LogP contribution in [0.5, 0.6) is 5.75 Å². The summed E-state index contributed by atoms with van der Waals surface area (Å²) in [5.41, 5.74) is 0.813. The molecule has 1 N–H and O–H groups in total. The molecule has 0 aliphatic rings. The minimum Gasteiger partial charge on any atom is -0.485 e. The Hall–Kier alpha value is -0.180. The van der Waals surface area contributed by atoms with E-state index < -0.39 is 0 Å². The maximum atomic E-state index is 5.80. The summed E-state index contributed by atoms with van der Waals surface area (Å²) in [5, 5.41) is 8.23. The van der Waals surface area contributed by atoms with E-state index in [9.17, 15) is 0 Å². The highest BCUT2D eigenvalue weighted by atomic mass is 79.9. The van der Waals surface area contributed by atoms with Crippen molar-refractivity contribution >= 4 is 64.3 Å². The molecule has 0 bridgehead atoms. The van der Waals surface area contributed by atoms with E-state index in [4.69, 9.17) is 4.74 Å². The third kappa shape index (κ3) is 3.90. The standard InChI is InChI=1S/C11H10Br3N3OS/c1-2-15-11-9(16-17-19-11)5-18-10-7(13)3-6(12)4-8(10)14/h3-4,15H,2,5H2,1H3. The molecule has 1 aromatic carbocycles. The van der Waals surface area contributed by atoms with Crippen LogP contribution in [-0.4, -0.2) is 16.1 Å². The molecule has 0 unspecified atom stereocenters. The Balaban J connectivity index is 2.12. The fourth-order valence-corrected chi connectivity index (χ4v) is 4.53. The third-order valence-corrected chi connectivity index (χ3v) is 4.57. The van der Waals surface area contributed by atoms with Crippen LogP contribution in [0, 0.1) is 0 Å². The SMILES string of the molecule is CCNc1snnc1COc1c(Br)cc(Br)cc1Br. The van der Waals surface area contributed by atoms with E-state index in [-0.39, 0.29) is 0 Å². The monoisotopic (exact) mass is 469 g/mol. The Bertz CT molecular complexity index is 553. The summed E-state index contributed by atoms with van der Waals surface area (Å²) < 4.78 is 12.5. The molecule has 0 saturated carbocycles. The largest absolute Gasteiger partial charge is 0.485 e. The Morgan fingerprint density at radius 1 is 1.26 bits per heavy atom. The predicted molar refractivity (Wildman–Crippen MR) is 87.9 cm³/mol. The molecular formula is C11H10Br3N3OS. The molecule has 0 aliphatic heterocycles. The average molecular weight is 472 g/mol. The summed E-state index contributed by atoms with van der Waals surface area (Å²) in [4.78, 5) is 0. The minimum atomic E-state index is 0.373. The maximum Gasteiger partial charge on any atom is 0.148 e. The van der Waals surface area contributed by atoms with Gasteiger partial charge in [0.25, 0.3) is 0 Å². The highest BCUT2D eigenvalue weighted by Crippen LogP contribution is 2.37. The van der Waals surface area contributed by atoms with Crippen LogP contribution >= 0.6 is 59.3 Å². The van der Waals surface area contributed by atoms with Crippen molar-refractivity contribution < 1.29 is 4.74 Å². The van der Waals surface area contributed by atoms with Gasteiger partial charge in [0.05, 0.1) is 8.95 Å². The van der Waals surface area contributed by atoms with E-state index in [1.807, 2.05) is 19.1 Å². The van der Waals surface area contributed by atoms with Gasteiger partial charge in [-0.2, -0.15) is 0 Å². The second-order valence-electron chi connectivity index (χ2n) is 3.57. The van der Waals surface area contributed by atoms with Crippen molar-refractivity contribution in [1.82, 2.24) is 9.59 Å². The lowest BCUT2D eigenvalue weighted by atomic mass is 10.3. The molecule has 0 aliphatic carbocycles. The van der Waals surface area contributed by atoms with Gasteiger partial charge in [-0.3, -0.25) is 0 Å². The topological polar surface area (TPSA) is 47.0 Å². The van der Waals surface area contributed by atoms with E-state index in [2.05, 4.69) is 62.7 Å². The zero-order valence-electron chi connectivity index (χ0n) is 9.91. The highest BCUT2D eigenvalue weighted by Gasteiger charge is 2.12. The van der Waals surface area contributed by atoms with Gasteiger partial charge in [0.15, 0.2) is 0 Å². The lowest BCUT2D eigenvalue weighted by Crippen LogP contribution is -2.02. The molecule has 1 aromatic heterocycles. The van der Waals surface area contributed by atoms with Crippen molar-refractivity contribution in [3.63, 3.8) is 0 Å². The van der Waals surface area contributed by atoms with Gasteiger partial charge < -0.3 is 10.1 Å². The predicted octanol–water partition coefficient (Wildman–Crippen LogP) is 4.84. The molecule has 8 heteroatoms. The first-order valence-corrected chi connectivity index (χ1v) is 8.59. The van der Waals surface area contributed by atoms with Gasteiger partial charge in [0, 0.05) is 22.5 Å². The second kappa shape index (κ2) is 7.01. The summed E-state index contributed by atoms with van der Waals surface area (Å²) in [6.45, 7) is 3.24. The molecule has 2 rings (SSSR count). The number of ether oxygens (including phenoxy) is 1. The molecule has 19 heavy (non-hydrogen) atoms. The number of nitrogens with zero attached hydrogens (tertiary/aromatic N) is 2. The third-order valence-electron chi connectivity index (χ3n) is 2.21. The van der Waals surface area contributed by atoms with Gasteiger partial charge in [0.2, 0.25) is 0 Å². The molecule has 1 heterocycles. The lowest BCUT2D eigenvalue weighted by Gasteiger charge is -2.10. The molecule has 0 amide bonds. The summed E-state index contributed by atoms with van der Waals surface area (Å²) in [6, 6.07) is 3.87. The van der Waals surface area contributed by atoms with Gasteiger partial charge in [-0.25, -0.2) is 0 Å². The van der Waals surface area contributed by atoms with Crippen LogP contribution in [0.2, 0.25) is 0 Å². The van der Waals surface area contributed by atoms with E-state index in [1.165, 1.54) is 11.5 Å². The van der Waals surface area contributed by atoms with E-state index in [0.29, 0.717) is 6.61 Å². The Kier molecular flexibility index (Phi) is 5.61. The Labute approximate surface area is 140 Å². The van der Waals surface area contributed by atoms with Crippen LogP contribution in [0.25, 0.3) is 0 Å². The van der Waals surface area contributed by atoms with Crippen LogP contribution < -0.4 is 10.1 Å². The fraction of sp³-hybridized carbons (Fsp3) is 0.273. The molecule has 0 spiro atoms. The van der Waals surface area contributed by atoms with Gasteiger partial charge in [-0.1, -0.05) is 20.4 Å². The smallest absolute Gasteiger partial charge is 0.148 e. The van der Waals surface area contributed by atoms with Crippen molar-refractivity contribution in [3.8, 4) is 5.75 Å². The van der Waals surface area contributed by atoms with Gasteiger partial charge in [-0.05, 0) is 50.9 Å². The number of hydrogen-bond donors (Lipinski definition) is 1. The molecule has 4 nitrogen and oxygen atoms in total. The van der Waals surface area contributed by atoms with E-state index in [0.717, 1.165) is 36.4 Å². The molecule has 0 fully saturated rings. The molecule has 0 radical (unpaired) electrons. The molecule has 2 aromatic rings. The van der Waals surface area contributed by atoms with Crippen molar-refractivity contribution in [3.05, 3.63) is 31.2 Å². The van der Waals surface area contributed by atoms with Gasteiger partial charge in [-0.15, -0.1) is 5.10 Å². The van der Waals surface area contributed by atoms with Gasteiger partial charge in [0.1, 0.15) is 23.1 Å². The first kappa shape index (κ1) is 15.2. The Morgan fingerprint density at radius 3 is 2.58 bits per heavy atom. The Morgan fingerprint density at radius 2 is 1.95 bits per heavy atom. The van der Waals surface area contributed by atoms with Crippen molar-refractivity contribution in [2.75, 3.05) is 11.9 Å². The summed E-state index contributed by atoms with van der Waals surface area (Å²) >= 11 is 11.7. The maximum absolute atomic E-state index is 5.80. The van der Waals surface area contributed by atoms with Crippen molar-refractivity contribution in [2.24, 2.45) is 0 Å². The number of nitrogens with one attached hydrogen (secondary N) is 1. The lowest BCUT2D eigenvalue weighted by molar-refractivity contribution is 0.298. The molecular weight excluding hydrogens is 462 g/mol. The van der Waals surface area contributed by atoms with E-state index in [1.54, 1.807) is 0 Å². The molecule has 0 saturated heterocycles. The minimum absolute atomic E-state index is 0.373. The van der Waals surface area contributed by atoms with Crippen molar-refractivity contribution in [2.45, 2.75) is 13.5 Å². The van der Waals surface area contributed by atoms with Gasteiger partial charge >= 0.3 is 0 Å². The van der Waals surface area contributed by atoms with Crippen LogP contribution in [-0.2, 0) is 6.61 Å². The number of rotatable bonds is 5. The van der Waals surface area contributed by atoms with Crippen LogP contribution in [0.4, 0.5) is 5.00 Å². The normalized spacial score (nSPS) is 10.5. The number of hydrogen-bond acceptors (Lipinski definition) is 5. The zero-order chi connectivity index (χ0) is 13.8. The van der Waals surface area contributed by atoms with Crippen LogP contribution in [0.3, 0.4) is 0 Å². The number of benzene rings is 1. The first-order valence-electron chi connectivity index (χ1n) is 5.44. The zero-order valence-corrected chi connectivity index (χ0v) is 15.5. The number of anilines is 1. The molecule has 0 atom stereocenters.